The Hall–Kier alpha value is -0.860. The Morgan fingerprint density at radius 1 is 1.21 bits per heavy atom. The monoisotopic (exact) mass is 263 g/mol. The fourth-order valence-electron chi connectivity index (χ4n) is 2.55. The van der Waals surface area contributed by atoms with Gasteiger partial charge in [-0.05, 0) is 42.9 Å². The number of hydrogen-bond acceptors (Lipinski definition) is 2. The summed E-state index contributed by atoms with van der Waals surface area (Å²) < 4.78 is 5.23. The summed E-state index contributed by atoms with van der Waals surface area (Å²) in [4.78, 5) is 0. The van der Waals surface area contributed by atoms with E-state index in [2.05, 4.69) is 50.4 Å². The topological polar surface area (TPSA) is 21.3 Å². The van der Waals surface area contributed by atoms with Crippen LogP contribution in [0.4, 0.5) is 0 Å². The lowest BCUT2D eigenvalue weighted by molar-refractivity contribution is 0.170. The van der Waals surface area contributed by atoms with Crippen LogP contribution in [0.2, 0.25) is 0 Å². The van der Waals surface area contributed by atoms with Crippen molar-refractivity contribution in [1.82, 2.24) is 5.32 Å². The van der Waals surface area contributed by atoms with Gasteiger partial charge in [0, 0.05) is 19.8 Å². The third-order valence-electron chi connectivity index (χ3n) is 3.73. The van der Waals surface area contributed by atoms with Gasteiger partial charge in [-0.25, -0.2) is 0 Å². The van der Waals surface area contributed by atoms with Crippen LogP contribution in [0, 0.1) is 5.92 Å². The van der Waals surface area contributed by atoms with E-state index in [0.29, 0.717) is 12.0 Å². The second kappa shape index (κ2) is 9.11. The molecule has 0 aliphatic heterocycles. The zero-order valence-electron chi connectivity index (χ0n) is 12.9. The molecule has 2 unspecified atom stereocenters. The molecule has 1 aromatic carbocycles. The van der Waals surface area contributed by atoms with E-state index < -0.39 is 0 Å². The van der Waals surface area contributed by atoms with Gasteiger partial charge in [0.05, 0.1) is 0 Å². The third kappa shape index (κ3) is 4.96. The molecule has 0 amide bonds. The number of methoxy groups -OCH3 is 1. The molecule has 2 atom stereocenters. The Morgan fingerprint density at radius 3 is 2.58 bits per heavy atom. The Morgan fingerprint density at radius 2 is 1.95 bits per heavy atom. The van der Waals surface area contributed by atoms with Gasteiger partial charge in [-0.15, -0.1) is 0 Å². The summed E-state index contributed by atoms with van der Waals surface area (Å²) in [5, 5.41) is 3.71. The van der Waals surface area contributed by atoms with Crippen molar-refractivity contribution in [3.63, 3.8) is 0 Å². The number of ether oxygens (including phenoxy) is 1. The molecule has 0 aliphatic rings. The van der Waals surface area contributed by atoms with Crippen molar-refractivity contribution < 1.29 is 4.74 Å². The summed E-state index contributed by atoms with van der Waals surface area (Å²) in [7, 11) is 1.78. The maximum absolute atomic E-state index is 5.23. The first-order chi connectivity index (χ1) is 9.24. The highest BCUT2D eigenvalue weighted by Crippen LogP contribution is 2.27. The normalized spacial score (nSPS) is 14.3. The van der Waals surface area contributed by atoms with Gasteiger partial charge in [0.2, 0.25) is 0 Å². The lowest BCUT2D eigenvalue weighted by Gasteiger charge is -2.27. The first-order valence-electron chi connectivity index (χ1n) is 7.54. The third-order valence-corrected chi connectivity index (χ3v) is 3.73. The molecule has 19 heavy (non-hydrogen) atoms. The molecule has 0 fully saturated rings. The average Bonchev–Trinajstić information content (AvgIpc) is 2.45. The summed E-state index contributed by atoms with van der Waals surface area (Å²) in [5.74, 6) is 0.583. The van der Waals surface area contributed by atoms with Crippen LogP contribution >= 0.6 is 0 Å². The molecule has 1 rings (SSSR count). The largest absolute Gasteiger partial charge is 0.385 e. The van der Waals surface area contributed by atoms with Gasteiger partial charge >= 0.3 is 0 Å². The van der Waals surface area contributed by atoms with Crippen LogP contribution in [0.1, 0.15) is 50.8 Å². The molecular weight excluding hydrogens is 234 g/mol. The van der Waals surface area contributed by atoms with Crippen molar-refractivity contribution in [3.8, 4) is 0 Å². The molecule has 1 aromatic rings. The van der Waals surface area contributed by atoms with Crippen LogP contribution < -0.4 is 5.32 Å². The van der Waals surface area contributed by atoms with E-state index in [1.807, 2.05) is 0 Å². The number of nitrogens with one attached hydrogen (secondary N) is 1. The van der Waals surface area contributed by atoms with Crippen LogP contribution in [-0.2, 0) is 11.2 Å². The van der Waals surface area contributed by atoms with Gasteiger partial charge < -0.3 is 10.1 Å². The first-order valence-corrected chi connectivity index (χ1v) is 7.54. The molecule has 108 valence electrons. The van der Waals surface area contributed by atoms with E-state index in [1.54, 1.807) is 7.11 Å². The summed E-state index contributed by atoms with van der Waals surface area (Å²) in [6, 6.07) is 9.25. The van der Waals surface area contributed by atoms with E-state index in [9.17, 15) is 0 Å². The average molecular weight is 263 g/mol. The minimum absolute atomic E-state index is 0.436. The molecule has 0 bridgehead atoms. The fraction of sp³-hybridized carbons (Fsp3) is 0.647. The molecule has 0 radical (unpaired) electrons. The highest BCUT2D eigenvalue weighted by molar-refractivity contribution is 5.30. The minimum atomic E-state index is 0.436. The van der Waals surface area contributed by atoms with E-state index in [0.717, 1.165) is 26.0 Å². The van der Waals surface area contributed by atoms with Crippen molar-refractivity contribution in [1.29, 1.82) is 0 Å². The highest BCUT2D eigenvalue weighted by atomic mass is 16.5. The predicted octanol–water partition coefficient (Wildman–Crippen LogP) is 3.96. The van der Waals surface area contributed by atoms with Gasteiger partial charge in [0.1, 0.15) is 0 Å². The molecule has 0 spiro atoms. The zero-order valence-corrected chi connectivity index (χ0v) is 12.9. The summed E-state index contributed by atoms with van der Waals surface area (Å²) in [6.07, 6.45) is 3.36. The Labute approximate surface area is 118 Å². The molecule has 2 heteroatoms. The molecule has 0 heterocycles. The SMILES string of the molecule is CCCNC(c1ccccc1CC)C(C)CCOC. The Kier molecular flexibility index (Phi) is 7.76. The van der Waals surface area contributed by atoms with Gasteiger partial charge in [-0.2, -0.15) is 0 Å². The van der Waals surface area contributed by atoms with E-state index in [4.69, 9.17) is 4.74 Å². The van der Waals surface area contributed by atoms with Gasteiger partial charge in [0.15, 0.2) is 0 Å². The van der Waals surface area contributed by atoms with Crippen LogP contribution in [0.25, 0.3) is 0 Å². The van der Waals surface area contributed by atoms with Crippen molar-refractivity contribution in [2.24, 2.45) is 5.92 Å². The van der Waals surface area contributed by atoms with Crippen LogP contribution in [0.15, 0.2) is 24.3 Å². The lowest BCUT2D eigenvalue weighted by atomic mass is 9.88. The number of aryl methyl sites for hydroxylation is 1. The Balaban J connectivity index is 2.88. The standard InChI is InChI=1S/C17H29NO/c1-5-12-18-17(14(3)11-13-19-4)16-10-8-7-9-15(16)6-2/h7-10,14,17-18H,5-6,11-13H2,1-4H3. The maximum atomic E-state index is 5.23. The van der Waals surface area contributed by atoms with Gasteiger partial charge in [-0.1, -0.05) is 45.0 Å². The smallest absolute Gasteiger partial charge is 0.0465 e. The summed E-state index contributed by atoms with van der Waals surface area (Å²) in [5.41, 5.74) is 2.92. The van der Waals surface area contributed by atoms with Crippen LogP contribution in [0.3, 0.4) is 0 Å². The quantitative estimate of drug-likeness (QED) is 0.728. The van der Waals surface area contributed by atoms with Crippen molar-refractivity contribution in [2.75, 3.05) is 20.3 Å². The minimum Gasteiger partial charge on any atom is -0.385 e. The molecular formula is C17H29NO. The predicted molar refractivity (Wildman–Crippen MR) is 82.5 cm³/mol. The van der Waals surface area contributed by atoms with E-state index in [1.165, 1.54) is 17.5 Å². The maximum Gasteiger partial charge on any atom is 0.0465 e. The molecule has 0 aliphatic carbocycles. The molecule has 0 saturated carbocycles. The van der Waals surface area contributed by atoms with Crippen LogP contribution in [-0.4, -0.2) is 20.3 Å². The van der Waals surface area contributed by atoms with Crippen molar-refractivity contribution in [3.05, 3.63) is 35.4 Å². The van der Waals surface area contributed by atoms with Gasteiger partial charge in [-0.3, -0.25) is 0 Å². The molecule has 0 saturated heterocycles. The lowest BCUT2D eigenvalue weighted by Crippen LogP contribution is -2.29. The molecule has 2 nitrogen and oxygen atoms in total. The number of benzene rings is 1. The second-order valence-corrected chi connectivity index (χ2v) is 5.24. The van der Waals surface area contributed by atoms with Gasteiger partial charge in [0.25, 0.3) is 0 Å². The van der Waals surface area contributed by atoms with Crippen molar-refractivity contribution in [2.45, 2.75) is 46.1 Å². The summed E-state index contributed by atoms with van der Waals surface area (Å²) >= 11 is 0. The fourth-order valence-corrected chi connectivity index (χ4v) is 2.55. The highest BCUT2D eigenvalue weighted by Gasteiger charge is 2.20. The summed E-state index contributed by atoms with van der Waals surface area (Å²) in [6.45, 7) is 8.67. The van der Waals surface area contributed by atoms with Crippen molar-refractivity contribution >= 4 is 0 Å². The molecule has 0 aromatic heterocycles. The second-order valence-electron chi connectivity index (χ2n) is 5.24. The first kappa shape index (κ1) is 16.2. The number of rotatable bonds is 9. The van der Waals surface area contributed by atoms with Crippen LogP contribution in [0.5, 0.6) is 0 Å². The Bertz CT molecular complexity index is 351. The zero-order chi connectivity index (χ0) is 14.1. The molecule has 1 N–H and O–H groups in total. The van der Waals surface area contributed by atoms with E-state index >= 15 is 0 Å². The van der Waals surface area contributed by atoms with E-state index in [-0.39, 0.29) is 0 Å². The number of hydrogen-bond donors (Lipinski definition) is 1.